The van der Waals surface area contributed by atoms with Crippen LogP contribution in [-0.2, 0) is 20.4 Å². The van der Waals surface area contributed by atoms with Crippen molar-refractivity contribution in [1.29, 1.82) is 0 Å². The van der Waals surface area contributed by atoms with Gasteiger partial charge in [-0.1, -0.05) is 65.8 Å². The quantitative estimate of drug-likeness (QED) is 0.555. The maximum atomic E-state index is 13.0. The molecule has 1 aliphatic heterocycles. The summed E-state index contributed by atoms with van der Waals surface area (Å²) >= 11 is 0. The molecule has 0 spiro atoms. The predicted octanol–water partition coefficient (Wildman–Crippen LogP) is 5.19. The van der Waals surface area contributed by atoms with Crippen LogP contribution in [0, 0.1) is 0 Å². The number of benzene rings is 2. The Morgan fingerprint density at radius 3 is 1.14 bits per heavy atom. The Balaban J connectivity index is 1.48. The molecule has 1 heterocycles. The van der Waals surface area contributed by atoms with Crippen LogP contribution in [0.25, 0.3) is 0 Å². The van der Waals surface area contributed by atoms with E-state index in [9.17, 15) is 9.59 Å². The van der Waals surface area contributed by atoms with Crippen molar-refractivity contribution in [2.45, 2.75) is 78.4 Å². The van der Waals surface area contributed by atoms with E-state index in [0.717, 1.165) is 0 Å². The van der Waals surface area contributed by atoms with Crippen molar-refractivity contribution in [2.75, 3.05) is 26.2 Å². The van der Waals surface area contributed by atoms with Gasteiger partial charge in [0.05, 0.1) is 0 Å². The van der Waals surface area contributed by atoms with E-state index in [0.29, 0.717) is 37.7 Å². The van der Waals surface area contributed by atoms with Crippen LogP contribution in [0.5, 0.6) is 11.5 Å². The highest BCUT2D eigenvalue weighted by Crippen LogP contribution is 2.26. The van der Waals surface area contributed by atoms with E-state index in [4.69, 9.17) is 9.47 Å². The van der Waals surface area contributed by atoms with Crippen LogP contribution in [0.2, 0.25) is 0 Å². The van der Waals surface area contributed by atoms with E-state index in [1.54, 1.807) is 23.6 Å². The zero-order chi connectivity index (χ0) is 26.7. The van der Waals surface area contributed by atoms with Crippen molar-refractivity contribution in [3.63, 3.8) is 0 Å². The first-order chi connectivity index (χ1) is 16.8. The zero-order valence-corrected chi connectivity index (χ0v) is 23.1. The summed E-state index contributed by atoms with van der Waals surface area (Å²) in [5.41, 5.74) is 2.57. The second kappa shape index (κ2) is 10.9. The number of carbonyl (C=O) groups is 2. The van der Waals surface area contributed by atoms with Crippen LogP contribution < -0.4 is 9.47 Å². The topological polar surface area (TPSA) is 59.1 Å². The van der Waals surface area contributed by atoms with Crippen molar-refractivity contribution in [2.24, 2.45) is 0 Å². The smallest absolute Gasteiger partial charge is 0.263 e. The van der Waals surface area contributed by atoms with Crippen molar-refractivity contribution >= 4 is 11.8 Å². The van der Waals surface area contributed by atoms with Crippen molar-refractivity contribution in [3.8, 4) is 11.5 Å². The average Bonchev–Trinajstić information content (AvgIpc) is 2.82. The summed E-state index contributed by atoms with van der Waals surface area (Å²) in [7, 11) is 0. The molecular weight excluding hydrogens is 452 g/mol. The molecule has 196 valence electrons. The lowest BCUT2D eigenvalue weighted by Crippen LogP contribution is -2.55. The molecule has 2 aromatic rings. The van der Waals surface area contributed by atoms with Gasteiger partial charge in [-0.2, -0.15) is 0 Å². The Hall–Kier alpha value is -3.02. The van der Waals surface area contributed by atoms with Gasteiger partial charge in [-0.25, -0.2) is 0 Å². The summed E-state index contributed by atoms with van der Waals surface area (Å²) in [5, 5.41) is 0. The highest BCUT2D eigenvalue weighted by atomic mass is 16.5. The number of rotatable bonds is 6. The molecule has 2 unspecified atom stereocenters. The molecule has 6 nitrogen and oxygen atoms in total. The molecule has 3 rings (SSSR count). The standard InChI is InChI=1S/C30H42N2O4/c1-21(35-25-13-9-23(10-14-25)29(3,4)5)27(33)31-17-19-32(20-18-31)28(34)22(2)36-26-15-11-24(12-16-26)30(6,7)8/h9-16,21-22H,17-20H2,1-8H3. The van der Waals surface area contributed by atoms with Gasteiger partial charge in [0.15, 0.2) is 12.2 Å². The third-order valence-corrected chi connectivity index (χ3v) is 6.66. The fraction of sp³-hybridized carbons (Fsp3) is 0.533. The van der Waals surface area contributed by atoms with Crippen LogP contribution in [0.1, 0.15) is 66.5 Å². The monoisotopic (exact) mass is 494 g/mol. The van der Waals surface area contributed by atoms with Crippen LogP contribution in [-0.4, -0.2) is 60.0 Å². The van der Waals surface area contributed by atoms with Crippen LogP contribution in [0.3, 0.4) is 0 Å². The number of hydrogen-bond donors (Lipinski definition) is 0. The first-order valence-electron chi connectivity index (χ1n) is 12.9. The number of nitrogens with zero attached hydrogens (tertiary/aromatic N) is 2. The fourth-order valence-electron chi connectivity index (χ4n) is 4.24. The SMILES string of the molecule is CC(Oc1ccc(C(C)(C)C)cc1)C(=O)N1CCN(C(=O)C(C)Oc2ccc(C(C)(C)C)cc2)CC1. The molecule has 36 heavy (non-hydrogen) atoms. The number of carbonyl (C=O) groups excluding carboxylic acids is 2. The molecule has 0 N–H and O–H groups in total. The summed E-state index contributed by atoms with van der Waals surface area (Å²) < 4.78 is 11.8. The highest BCUT2D eigenvalue weighted by Gasteiger charge is 2.30. The number of amides is 2. The Morgan fingerprint density at radius 1 is 0.611 bits per heavy atom. The fourth-order valence-corrected chi connectivity index (χ4v) is 4.24. The van der Waals surface area contributed by atoms with E-state index in [-0.39, 0.29) is 22.6 Å². The third-order valence-electron chi connectivity index (χ3n) is 6.66. The van der Waals surface area contributed by atoms with Gasteiger partial charge >= 0.3 is 0 Å². The van der Waals surface area contributed by atoms with Crippen LogP contribution in [0.4, 0.5) is 0 Å². The second-order valence-electron chi connectivity index (χ2n) is 11.7. The molecule has 1 fully saturated rings. The normalized spacial score (nSPS) is 16.3. The Labute approximate surface area is 216 Å². The van der Waals surface area contributed by atoms with Gasteiger partial charge in [-0.3, -0.25) is 9.59 Å². The third kappa shape index (κ3) is 7.02. The predicted molar refractivity (Wildman–Crippen MR) is 144 cm³/mol. The van der Waals surface area contributed by atoms with E-state index in [1.807, 2.05) is 48.5 Å². The van der Waals surface area contributed by atoms with E-state index in [1.165, 1.54) is 11.1 Å². The molecule has 1 saturated heterocycles. The minimum absolute atomic E-state index is 0.0646. The lowest BCUT2D eigenvalue weighted by molar-refractivity contribution is -0.146. The van der Waals surface area contributed by atoms with Crippen molar-refractivity contribution in [1.82, 2.24) is 9.80 Å². The molecule has 0 bridgehead atoms. The van der Waals surface area contributed by atoms with Gasteiger partial charge in [0, 0.05) is 26.2 Å². The molecule has 0 saturated carbocycles. The van der Waals surface area contributed by atoms with E-state index >= 15 is 0 Å². The lowest BCUT2D eigenvalue weighted by atomic mass is 9.87. The molecular formula is C30H42N2O4. The summed E-state index contributed by atoms with van der Waals surface area (Å²) in [6.07, 6.45) is -1.18. The van der Waals surface area contributed by atoms with Gasteiger partial charge in [-0.15, -0.1) is 0 Å². The van der Waals surface area contributed by atoms with Crippen LogP contribution >= 0.6 is 0 Å². The van der Waals surface area contributed by atoms with Crippen LogP contribution in [0.15, 0.2) is 48.5 Å². The Bertz CT molecular complexity index is 939. The molecule has 1 aliphatic rings. The van der Waals surface area contributed by atoms with Gasteiger partial charge in [-0.05, 0) is 60.1 Å². The molecule has 0 radical (unpaired) electrons. The summed E-state index contributed by atoms with van der Waals surface area (Å²) in [6, 6.07) is 15.8. The molecule has 2 aromatic carbocycles. The summed E-state index contributed by atoms with van der Waals surface area (Å²) in [5.74, 6) is 1.23. The summed E-state index contributed by atoms with van der Waals surface area (Å²) in [6.45, 7) is 18.5. The first-order valence-corrected chi connectivity index (χ1v) is 12.9. The van der Waals surface area contributed by atoms with E-state index in [2.05, 4.69) is 41.5 Å². The first kappa shape index (κ1) is 27.6. The zero-order valence-electron chi connectivity index (χ0n) is 23.1. The number of piperazine rings is 1. The van der Waals surface area contributed by atoms with Crippen molar-refractivity contribution in [3.05, 3.63) is 59.7 Å². The van der Waals surface area contributed by atoms with Gasteiger partial charge < -0.3 is 19.3 Å². The maximum absolute atomic E-state index is 13.0. The number of hydrogen-bond acceptors (Lipinski definition) is 4. The maximum Gasteiger partial charge on any atom is 0.263 e. The van der Waals surface area contributed by atoms with Gasteiger partial charge in [0.2, 0.25) is 0 Å². The molecule has 0 aromatic heterocycles. The molecule has 0 aliphatic carbocycles. The van der Waals surface area contributed by atoms with Crippen molar-refractivity contribution < 1.29 is 19.1 Å². The Kier molecular flexibility index (Phi) is 8.37. The summed E-state index contributed by atoms with van der Waals surface area (Å²) in [4.78, 5) is 29.4. The van der Waals surface area contributed by atoms with E-state index < -0.39 is 12.2 Å². The minimum atomic E-state index is -0.592. The second-order valence-corrected chi connectivity index (χ2v) is 11.7. The molecule has 2 atom stereocenters. The number of ether oxygens (including phenoxy) is 2. The largest absolute Gasteiger partial charge is 0.481 e. The molecule has 6 heteroatoms. The Morgan fingerprint density at radius 2 is 0.889 bits per heavy atom. The van der Waals surface area contributed by atoms with Gasteiger partial charge in [0.25, 0.3) is 11.8 Å². The molecule has 2 amide bonds. The highest BCUT2D eigenvalue weighted by molar-refractivity contribution is 5.83. The lowest BCUT2D eigenvalue weighted by Gasteiger charge is -2.36. The van der Waals surface area contributed by atoms with Gasteiger partial charge in [0.1, 0.15) is 11.5 Å². The average molecular weight is 495 g/mol. The minimum Gasteiger partial charge on any atom is -0.481 e.